The van der Waals surface area contributed by atoms with E-state index in [1.54, 1.807) is 0 Å². The van der Waals surface area contributed by atoms with Gasteiger partial charge in [0.15, 0.2) is 0 Å². The molecule has 3 nitrogen and oxygen atoms in total. The van der Waals surface area contributed by atoms with Gasteiger partial charge in [0.05, 0.1) is 0 Å². The van der Waals surface area contributed by atoms with E-state index in [1.807, 2.05) is 0 Å². The van der Waals surface area contributed by atoms with E-state index in [4.69, 9.17) is 5.11 Å². The van der Waals surface area contributed by atoms with Gasteiger partial charge < -0.3 is 9.84 Å². The summed E-state index contributed by atoms with van der Waals surface area (Å²) in [4.78, 5) is 11.2. The van der Waals surface area contributed by atoms with Crippen LogP contribution in [0.5, 0.6) is 0 Å². The summed E-state index contributed by atoms with van der Waals surface area (Å²) in [6.45, 7) is 6.31. The molecule has 1 atom stereocenters. The molecule has 0 bridgehead atoms. The number of carbonyl (C=O) groups is 1. The molecule has 1 aliphatic heterocycles. The zero-order valence-corrected chi connectivity index (χ0v) is 11.4. The second-order valence-electron chi connectivity index (χ2n) is 4.90. The molecule has 0 aromatic carbocycles. The van der Waals surface area contributed by atoms with Crippen LogP contribution in [-0.2, 0) is 9.53 Å². The van der Waals surface area contributed by atoms with Crippen LogP contribution in [0.25, 0.3) is 0 Å². The fourth-order valence-corrected chi connectivity index (χ4v) is 1.81. The largest absolute Gasteiger partial charge is 0.429 e. The van der Waals surface area contributed by atoms with Gasteiger partial charge in [-0.15, -0.1) is 0 Å². The van der Waals surface area contributed by atoms with Gasteiger partial charge in [-0.2, -0.15) is 0 Å². The molecule has 18 heavy (non-hydrogen) atoms. The molecule has 0 aromatic rings. The Morgan fingerprint density at radius 2 is 2.06 bits per heavy atom. The minimum absolute atomic E-state index is 0.391. The number of ether oxygens (including phenoxy) is 1. The highest BCUT2D eigenvalue weighted by Crippen LogP contribution is 2.18. The van der Waals surface area contributed by atoms with E-state index in [1.165, 1.54) is 17.2 Å². The van der Waals surface area contributed by atoms with Gasteiger partial charge >= 0.3 is 5.97 Å². The average molecular weight is 250 g/mol. The zero-order valence-electron chi connectivity index (χ0n) is 11.4. The van der Waals surface area contributed by atoms with Gasteiger partial charge in [0.25, 0.3) is 0 Å². The first-order chi connectivity index (χ1) is 8.49. The lowest BCUT2D eigenvalue weighted by Gasteiger charge is -2.00. The molecular weight excluding hydrogens is 228 g/mol. The molecule has 1 heterocycles. The molecule has 0 fully saturated rings. The lowest BCUT2D eigenvalue weighted by molar-refractivity contribution is -0.151. The number of hydrogen-bond acceptors (Lipinski definition) is 3. The third kappa shape index (κ3) is 5.32. The summed E-state index contributed by atoms with van der Waals surface area (Å²) >= 11 is 0. The monoisotopic (exact) mass is 250 g/mol. The van der Waals surface area contributed by atoms with Gasteiger partial charge in [-0.25, -0.2) is 4.79 Å². The number of aliphatic hydroxyl groups excluding tert-OH is 1. The van der Waals surface area contributed by atoms with Crippen LogP contribution in [0.4, 0.5) is 0 Å². The maximum atomic E-state index is 11.2. The van der Waals surface area contributed by atoms with Crippen LogP contribution in [0.1, 0.15) is 46.5 Å². The van der Waals surface area contributed by atoms with Crippen molar-refractivity contribution in [3.63, 3.8) is 0 Å². The molecule has 100 valence electrons. The average Bonchev–Trinajstić information content (AvgIpc) is 2.57. The van der Waals surface area contributed by atoms with E-state index in [9.17, 15) is 4.79 Å². The second-order valence-corrected chi connectivity index (χ2v) is 4.90. The van der Waals surface area contributed by atoms with Crippen molar-refractivity contribution in [2.24, 2.45) is 0 Å². The Morgan fingerprint density at radius 1 is 1.33 bits per heavy atom. The van der Waals surface area contributed by atoms with Gasteiger partial charge in [0.2, 0.25) is 6.29 Å². The summed E-state index contributed by atoms with van der Waals surface area (Å²) < 4.78 is 4.62. The van der Waals surface area contributed by atoms with E-state index < -0.39 is 12.3 Å². The molecule has 0 radical (unpaired) electrons. The number of cyclic esters (lactones) is 1. The van der Waals surface area contributed by atoms with Crippen molar-refractivity contribution in [2.45, 2.75) is 52.7 Å². The highest BCUT2D eigenvalue weighted by Gasteiger charge is 2.22. The fraction of sp³-hybridized carbons (Fsp3) is 0.533. The topological polar surface area (TPSA) is 46.5 Å². The summed E-state index contributed by atoms with van der Waals surface area (Å²) in [6, 6.07) is 0. The molecule has 1 aliphatic rings. The number of carbonyl (C=O) groups excluding carboxylic acids is 1. The van der Waals surface area contributed by atoms with Gasteiger partial charge in [0, 0.05) is 5.57 Å². The SMILES string of the molecule is CC(C)=CCCC(C)=CCCC1=CC(O)OC1=O. The van der Waals surface area contributed by atoms with Crippen molar-refractivity contribution in [3.8, 4) is 0 Å². The Balaban J connectivity index is 2.29. The summed E-state index contributed by atoms with van der Waals surface area (Å²) in [6.07, 6.45) is 8.38. The van der Waals surface area contributed by atoms with Crippen LogP contribution >= 0.6 is 0 Å². The standard InChI is InChI=1S/C15H22O3/c1-11(2)6-4-7-12(3)8-5-9-13-10-14(16)18-15(13)17/h6,8,10,14,16H,4-5,7,9H2,1-3H3. The molecule has 0 aromatic heterocycles. The number of esters is 1. The van der Waals surface area contributed by atoms with Crippen molar-refractivity contribution >= 4 is 5.97 Å². The quantitative estimate of drug-likeness (QED) is 0.581. The Labute approximate surface area is 109 Å². The third-order valence-corrected chi connectivity index (χ3v) is 2.83. The first kappa shape index (κ1) is 14.7. The van der Waals surface area contributed by atoms with Gasteiger partial charge in [-0.05, 0) is 52.5 Å². The van der Waals surface area contributed by atoms with Crippen LogP contribution in [0.2, 0.25) is 0 Å². The molecule has 3 heteroatoms. The summed E-state index contributed by atoms with van der Waals surface area (Å²) in [7, 11) is 0. The first-order valence-electron chi connectivity index (χ1n) is 6.38. The highest BCUT2D eigenvalue weighted by molar-refractivity contribution is 5.90. The first-order valence-corrected chi connectivity index (χ1v) is 6.38. The third-order valence-electron chi connectivity index (χ3n) is 2.83. The molecule has 1 N–H and O–H groups in total. The normalized spacial score (nSPS) is 19.6. The Kier molecular flexibility index (Phi) is 5.86. The molecule has 0 amide bonds. The van der Waals surface area contributed by atoms with Crippen LogP contribution in [0.15, 0.2) is 34.9 Å². The maximum absolute atomic E-state index is 11.2. The van der Waals surface area contributed by atoms with Crippen molar-refractivity contribution in [2.75, 3.05) is 0 Å². The minimum Gasteiger partial charge on any atom is -0.429 e. The van der Waals surface area contributed by atoms with Crippen LogP contribution < -0.4 is 0 Å². The molecular formula is C15H22O3. The van der Waals surface area contributed by atoms with Crippen molar-refractivity contribution < 1.29 is 14.6 Å². The number of allylic oxidation sites excluding steroid dienone is 4. The predicted octanol–water partition coefficient (Wildman–Crippen LogP) is 3.26. The van der Waals surface area contributed by atoms with Crippen molar-refractivity contribution in [1.29, 1.82) is 0 Å². The zero-order chi connectivity index (χ0) is 13.5. The Bertz CT molecular complexity index is 385. The molecule has 0 aliphatic carbocycles. The van der Waals surface area contributed by atoms with Gasteiger partial charge in [-0.1, -0.05) is 23.3 Å². The van der Waals surface area contributed by atoms with E-state index in [0.29, 0.717) is 12.0 Å². The summed E-state index contributed by atoms with van der Waals surface area (Å²) in [5.41, 5.74) is 3.26. The smallest absolute Gasteiger partial charge is 0.336 e. The van der Waals surface area contributed by atoms with E-state index >= 15 is 0 Å². The molecule has 0 saturated carbocycles. The number of rotatable bonds is 6. The van der Waals surface area contributed by atoms with Gasteiger partial charge in [-0.3, -0.25) is 0 Å². The molecule has 1 rings (SSSR count). The summed E-state index contributed by atoms with van der Waals surface area (Å²) in [5.74, 6) is -0.391. The van der Waals surface area contributed by atoms with E-state index in [2.05, 4.69) is 37.7 Å². The summed E-state index contributed by atoms with van der Waals surface area (Å²) in [5, 5.41) is 9.11. The maximum Gasteiger partial charge on any atom is 0.336 e. The lowest BCUT2D eigenvalue weighted by atomic mass is 10.1. The minimum atomic E-state index is -1.05. The number of hydrogen-bond donors (Lipinski definition) is 1. The number of aliphatic hydroxyl groups is 1. The molecule has 1 unspecified atom stereocenters. The van der Waals surface area contributed by atoms with E-state index in [-0.39, 0.29) is 0 Å². The fourth-order valence-electron chi connectivity index (χ4n) is 1.81. The van der Waals surface area contributed by atoms with Gasteiger partial charge in [0.1, 0.15) is 0 Å². The molecule has 0 spiro atoms. The Morgan fingerprint density at radius 3 is 2.61 bits per heavy atom. The predicted molar refractivity (Wildman–Crippen MR) is 71.8 cm³/mol. The van der Waals surface area contributed by atoms with Crippen molar-refractivity contribution in [3.05, 3.63) is 34.9 Å². The second kappa shape index (κ2) is 7.17. The van der Waals surface area contributed by atoms with Crippen LogP contribution in [0.3, 0.4) is 0 Å². The lowest BCUT2D eigenvalue weighted by Crippen LogP contribution is -2.06. The van der Waals surface area contributed by atoms with Crippen LogP contribution in [-0.4, -0.2) is 17.4 Å². The van der Waals surface area contributed by atoms with E-state index in [0.717, 1.165) is 19.3 Å². The molecule has 0 saturated heterocycles. The highest BCUT2D eigenvalue weighted by atomic mass is 16.6. The van der Waals surface area contributed by atoms with Crippen LogP contribution in [0, 0.1) is 0 Å². The Hall–Kier alpha value is -1.35. The van der Waals surface area contributed by atoms with Crippen molar-refractivity contribution in [1.82, 2.24) is 0 Å².